The minimum Gasteiger partial charge on any atom is -0.385 e. The predicted octanol–water partition coefficient (Wildman–Crippen LogP) is 0.201. The van der Waals surface area contributed by atoms with E-state index in [4.69, 9.17) is 15.3 Å². The van der Waals surface area contributed by atoms with Crippen LogP contribution in [0.4, 0.5) is 0 Å². The maximum Gasteiger partial charge on any atom is 0.208 e. The van der Waals surface area contributed by atoms with Gasteiger partial charge in [0, 0.05) is 47.1 Å². The van der Waals surface area contributed by atoms with Crippen LogP contribution in [0.1, 0.15) is 19.3 Å². The van der Waals surface area contributed by atoms with Crippen LogP contribution >= 0.6 is 0 Å². The third kappa shape index (κ3) is 5.20. The lowest BCUT2D eigenvalue weighted by Crippen LogP contribution is -2.48. The van der Waals surface area contributed by atoms with Gasteiger partial charge in [0.2, 0.25) is 5.96 Å². The van der Waals surface area contributed by atoms with E-state index in [0.717, 1.165) is 58.1 Å². The molecule has 0 saturated carbocycles. The fraction of sp³-hybridized carbons (Fsp3) is 0.917. The van der Waals surface area contributed by atoms with Gasteiger partial charge in [0.05, 0.1) is 0 Å². The lowest BCUT2D eigenvalue weighted by Gasteiger charge is -2.33. The standard InChI is InChI=1S/C12H26N4O2/c1-17-9-3-6-14-12(15-13)16-7-4-11(5-8-16)10-18-2/h11H,3-10,13H2,1-2H3,(H,14,15). The quantitative estimate of drug-likeness (QED) is 0.234. The molecule has 3 N–H and O–H groups in total. The van der Waals surface area contributed by atoms with E-state index < -0.39 is 0 Å². The van der Waals surface area contributed by atoms with Gasteiger partial charge in [-0.3, -0.25) is 10.4 Å². The number of methoxy groups -OCH3 is 2. The van der Waals surface area contributed by atoms with E-state index in [1.54, 1.807) is 14.2 Å². The Morgan fingerprint density at radius 1 is 1.33 bits per heavy atom. The molecule has 0 atom stereocenters. The van der Waals surface area contributed by atoms with Crippen molar-refractivity contribution in [2.45, 2.75) is 19.3 Å². The molecule has 0 amide bonds. The van der Waals surface area contributed by atoms with Gasteiger partial charge in [-0.05, 0) is 25.2 Å². The molecule has 1 rings (SSSR count). The number of hydrogen-bond acceptors (Lipinski definition) is 4. The zero-order valence-corrected chi connectivity index (χ0v) is 11.5. The molecule has 18 heavy (non-hydrogen) atoms. The molecule has 0 aliphatic carbocycles. The van der Waals surface area contributed by atoms with Crippen molar-refractivity contribution in [1.82, 2.24) is 10.3 Å². The van der Waals surface area contributed by atoms with Crippen LogP contribution in [0.2, 0.25) is 0 Å². The van der Waals surface area contributed by atoms with Crippen molar-refractivity contribution in [1.29, 1.82) is 0 Å². The molecule has 6 heteroatoms. The first-order chi connectivity index (χ1) is 8.81. The molecule has 106 valence electrons. The number of piperidine rings is 1. The summed E-state index contributed by atoms with van der Waals surface area (Å²) in [4.78, 5) is 6.68. The second-order valence-electron chi connectivity index (χ2n) is 4.58. The molecule has 1 saturated heterocycles. The highest BCUT2D eigenvalue weighted by Crippen LogP contribution is 2.17. The monoisotopic (exact) mass is 258 g/mol. The Morgan fingerprint density at radius 2 is 2.06 bits per heavy atom. The van der Waals surface area contributed by atoms with Crippen LogP contribution in [0.3, 0.4) is 0 Å². The fourth-order valence-corrected chi connectivity index (χ4v) is 2.18. The Morgan fingerprint density at radius 3 is 2.61 bits per heavy atom. The number of hydrogen-bond donors (Lipinski definition) is 2. The van der Waals surface area contributed by atoms with Crippen molar-refractivity contribution in [3.05, 3.63) is 0 Å². The minimum atomic E-state index is 0.666. The third-order valence-corrected chi connectivity index (χ3v) is 3.21. The van der Waals surface area contributed by atoms with Gasteiger partial charge in [-0.1, -0.05) is 0 Å². The Bertz CT molecular complexity index is 240. The Balaban J connectivity index is 2.33. The highest BCUT2D eigenvalue weighted by molar-refractivity contribution is 5.79. The average Bonchev–Trinajstić information content (AvgIpc) is 2.41. The molecule has 0 radical (unpaired) electrons. The van der Waals surface area contributed by atoms with Gasteiger partial charge < -0.3 is 14.4 Å². The number of nitrogens with one attached hydrogen (secondary N) is 1. The first-order valence-electron chi connectivity index (χ1n) is 6.55. The molecule has 0 unspecified atom stereocenters. The van der Waals surface area contributed by atoms with Gasteiger partial charge in [0.1, 0.15) is 0 Å². The molecule has 6 nitrogen and oxygen atoms in total. The van der Waals surface area contributed by atoms with E-state index in [-0.39, 0.29) is 0 Å². The Labute approximate surface area is 109 Å². The Hall–Kier alpha value is -0.850. The van der Waals surface area contributed by atoms with Gasteiger partial charge >= 0.3 is 0 Å². The van der Waals surface area contributed by atoms with E-state index in [1.165, 1.54) is 0 Å². The van der Waals surface area contributed by atoms with Crippen LogP contribution < -0.4 is 11.3 Å². The van der Waals surface area contributed by atoms with Crippen molar-refractivity contribution in [2.24, 2.45) is 16.8 Å². The summed E-state index contributed by atoms with van der Waals surface area (Å²) >= 11 is 0. The summed E-state index contributed by atoms with van der Waals surface area (Å²) in [6.07, 6.45) is 3.18. The van der Waals surface area contributed by atoms with E-state index in [0.29, 0.717) is 5.92 Å². The maximum atomic E-state index is 5.53. The normalized spacial score (nSPS) is 18.2. The molecule has 1 heterocycles. The van der Waals surface area contributed by atoms with Crippen LogP contribution in [-0.4, -0.2) is 57.9 Å². The molecule has 0 aromatic carbocycles. The van der Waals surface area contributed by atoms with Crippen LogP contribution in [-0.2, 0) is 9.47 Å². The van der Waals surface area contributed by atoms with Crippen molar-refractivity contribution >= 4 is 5.96 Å². The smallest absolute Gasteiger partial charge is 0.208 e. The molecule has 0 aromatic rings. The molecular formula is C12H26N4O2. The van der Waals surface area contributed by atoms with Crippen molar-refractivity contribution in [3.63, 3.8) is 0 Å². The SMILES string of the molecule is COCCCN=C(NN)N1CCC(COC)CC1. The zero-order chi connectivity index (χ0) is 13.2. The van der Waals surface area contributed by atoms with Gasteiger partial charge in [-0.25, -0.2) is 5.84 Å². The van der Waals surface area contributed by atoms with Crippen LogP contribution in [0.15, 0.2) is 4.99 Å². The number of nitrogens with zero attached hydrogens (tertiary/aromatic N) is 2. The van der Waals surface area contributed by atoms with Gasteiger partial charge in [-0.15, -0.1) is 0 Å². The molecular weight excluding hydrogens is 232 g/mol. The highest BCUT2D eigenvalue weighted by atomic mass is 16.5. The summed E-state index contributed by atoms with van der Waals surface area (Å²) in [5.41, 5.74) is 2.70. The summed E-state index contributed by atoms with van der Waals surface area (Å²) in [6.45, 7) is 4.30. The number of likely N-dealkylation sites (tertiary alicyclic amines) is 1. The summed E-state index contributed by atoms with van der Waals surface area (Å²) in [7, 11) is 3.46. The number of ether oxygens (including phenoxy) is 2. The van der Waals surface area contributed by atoms with Crippen molar-refractivity contribution in [3.8, 4) is 0 Å². The summed E-state index contributed by atoms with van der Waals surface area (Å²) in [5, 5.41) is 0. The lowest BCUT2D eigenvalue weighted by atomic mass is 9.98. The number of guanidine groups is 1. The van der Waals surface area contributed by atoms with E-state index in [1.807, 2.05) is 0 Å². The van der Waals surface area contributed by atoms with Gasteiger partial charge in [0.25, 0.3) is 0 Å². The fourth-order valence-electron chi connectivity index (χ4n) is 2.18. The average molecular weight is 258 g/mol. The first kappa shape index (κ1) is 15.2. The summed E-state index contributed by atoms with van der Waals surface area (Å²) < 4.78 is 10.2. The van der Waals surface area contributed by atoms with Gasteiger partial charge in [0.15, 0.2) is 0 Å². The van der Waals surface area contributed by atoms with Gasteiger partial charge in [-0.2, -0.15) is 0 Å². The number of nitrogens with two attached hydrogens (primary N) is 1. The summed E-state index contributed by atoms with van der Waals surface area (Å²) in [6, 6.07) is 0. The number of hydrazine groups is 1. The lowest BCUT2D eigenvalue weighted by molar-refractivity contribution is 0.118. The first-order valence-corrected chi connectivity index (χ1v) is 6.55. The van der Waals surface area contributed by atoms with Crippen LogP contribution in [0, 0.1) is 5.92 Å². The molecule has 1 fully saturated rings. The summed E-state index contributed by atoms with van der Waals surface area (Å²) in [5.74, 6) is 6.99. The molecule has 0 spiro atoms. The number of rotatable bonds is 6. The second kappa shape index (κ2) is 9.13. The van der Waals surface area contributed by atoms with Crippen molar-refractivity contribution < 1.29 is 9.47 Å². The molecule has 1 aliphatic heterocycles. The maximum absolute atomic E-state index is 5.53. The van der Waals surface area contributed by atoms with Crippen LogP contribution in [0.25, 0.3) is 0 Å². The molecule has 0 bridgehead atoms. The zero-order valence-electron chi connectivity index (χ0n) is 11.5. The van der Waals surface area contributed by atoms with E-state index in [2.05, 4.69) is 15.3 Å². The van der Waals surface area contributed by atoms with Crippen LogP contribution in [0.5, 0.6) is 0 Å². The third-order valence-electron chi connectivity index (χ3n) is 3.21. The topological polar surface area (TPSA) is 72.1 Å². The highest BCUT2D eigenvalue weighted by Gasteiger charge is 2.20. The number of aliphatic imine (C=N–C) groups is 1. The van der Waals surface area contributed by atoms with E-state index in [9.17, 15) is 0 Å². The molecule has 0 aromatic heterocycles. The van der Waals surface area contributed by atoms with Crippen molar-refractivity contribution in [2.75, 3.05) is 47.1 Å². The second-order valence-corrected chi connectivity index (χ2v) is 4.58. The predicted molar refractivity (Wildman–Crippen MR) is 72.3 cm³/mol. The van der Waals surface area contributed by atoms with E-state index >= 15 is 0 Å². The largest absolute Gasteiger partial charge is 0.385 e. The molecule has 1 aliphatic rings. The minimum absolute atomic E-state index is 0.666. The Kier molecular flexibility index (Phi) is 7.71.